The van der Waals surface area contributed by atoms with Gasteiger partial charge in [-0.1, -0.05) is 0 Å². The van der Waals surface area contributed by atoms with Crippen molar-refractivity contribution in [2.45, 2.75) is 4.90 Å². The number of nitrogens with one attached hydrogen (secondary N) is 2. The standard InChI is InChI=1S/C19H12F3IN2O4S/c20-13-6-8-16(18(17(13)22)24-15-7-3-11(23)9-14(15)21)25-30(28,29)12-4-1-10(2-5-12)19(26)27/h1-9,24-25H,(H,26,27). The third kappa shape index (κ3) is 4.67. The molecule has 0 radical (unpaired) electrons. The van der Waals surface area contributed by atoms with Crippen LogP contribution < -0.4 is 10.0 Å². The van der Waals surface area contributed by atoms with Crippen molar-refractivity contribution < 1.29 is 31.5 Å². The van der Waals surface area contributed by atoms with E-state index >= 15 is 0 Å². The van der Waals surface area contributed by atoms with Crippen LogP contribution in [-0.2, 0) is 10.0 Å². The van der Waals surface area contributed by atoms with Crippen molar-refractivity contribution in [1.82, 2.24) is 0 Å². The summed E-state index contributed by atoms with van der Waals surface area (Å²) in [4.78, 5) is 10.6. The predicted molar refractivity (Wildman–Crippen MR) is 113 cm³/mol. The molecule has 3 aromatic carbocycles. The lowest BCUT2D eigenvalue weighted by Crippen LogP contribution is -2.15. The molecule has 0 fully saturated rings. The maximum Gasteiger partial charge on any atom is 0.335 e. The molecular formula is C19H12F3IN2O4S. The van der Waals surface area contributed by atoms with Gasteiger partial charge in [0.25, 0.3) is 10.0 Å². The number of hydrogen-bond acceptors (Lipinski definition) is 4. The summed E-state index contributed by atoms with van der Waals surface area (Å²) < 4.78 is 70.2. The lowest BCUT2D eigenvalue weighted by Gasteiger charge is -2.16. The first-order valence-corrected chi connectivity index (χ1v) is 10.7. The van der Waals surface area contributed by atoms with Gasteiger partial charge in [0.1, 0.15) is 11.5 Å². The number of sulfonamides is 1. The van der Waals surface area contributed by atoms with Crippen LogP contribution in [0, 0.1) is 21.0 Å². The summed E-state index contributed by atoms with van der Waals surface area (Å²) in [5.74, 6) is -4.66. The zero-order valence-corrected chi connectivity index (χ0v) is 17.8. The van der Waals surface area contributed by atoms with E-state index in [1.807, 2.05) is 22.6 Å². The first kappa shape index (κ1) is 21.9. The highest BCUT2D eigenvalue weighted by molar-refractivity contribution is 14.1. The number of benzene rings is 3. The van der Waals surface area contributed by atoms with E-state index in [0.717, 1.165) is 42.5 Å². The Hall–Kier alpha value is -2.80. The lowest BCUT2D eigenvalue weighted by atomic mass is 10.2. The molecule has 0 aliphatic heterocycles. The maximum atomic E-state index is 14.4. The molecule has 11 heteroatoms. The van der Waals surface area contributed by atoms with Crippen LogP contribution in [0.2, 0.25) is 0 Å². The van der Waals surface area contributed by atoms with Crippen LogP contribution in [0.3, 0.4) is 0 Å². The average molecular weight is 548 g/mol. The third-order valence-electron chi connectivity index (χ3n) is 3.94. The fraction of sp³-hybridized carbons (Fsp3) is 0. The summed E-state index contributed by atoms with van der Waals surface area (Å²) in [5.41, 5.74) is -1.29. The SMILES string of the molecule is O=C(O)c1ccc(S(=O)(=O)Nc2ccc(F)c(F)c2Nc2ccc(I)cc2F)cc1. The van der Waals surface area contributed by atoms with Crippen LogP contribution in [0.25, 0.3) is 0 Å². The Morgan fingerprint density at radius 1 is 0.900 bits per heavy atom. The first-order chi connectivity index (χ1) is 14.1. The number of rotatable bonds is 6. The van der Waals surface area contributed by atoms with Gasteiger partial charge in [-0.3, -0.25) is 4.72 Å². The largest absolute Gasteiger partial charge is 0.478 e. The fourth-order valence-electron chi connectivity index (χ4n) is 2.46. The van der Waals surface area contributed by atoms with Gasteiger partial charge in [-0.05, 0) is 77.2 Å². The quantitative estimate of drug-likeness (QED) is 0.379. The zero-order chi connectivity index (χ0) is 22.1. The molecule has 3 aromatic rings. The van der Waals surface area contributed by atoms with Gasteiger partial charge >= 0.3 is 5.97 Å². The molecular weight excluding hydrogens is 536 g/mol. The highest BCUT2D eigenvalue weighted by Crippen LogP contribution is 2.33. The molecule has 0 aliphatic carbocycles. The first-order valence-electron chi connectivity index (χ1n) is 8.15. The molecule has 0 unspecified atom stereocenters. The number of carbonyl (C=O) groups is 1. The van der Waals surface area contributed by atoms with E-state index in [0.29, 0.717) is 3.57 Å². The lowest BCUT2D eigenvalue weighted by molar-refractivity contribution is 0.0696. The van der Waals surface area contributed by atoms with E-state index in [4.69, 9.17) is 5.11 Å². The summed E-state index contributed by atoms with van der Waals surface area (Å²) in [6, 6.07) is 9.96. The highest BCUT2D eigenvalue weighted by Gasteiger charge is 2.21. The fourth-order valence-corrected chi connectivity index (χ4v) is 3.99. The van der Waals surface area contributed by atoms with Gasteiger partial charge in [-0.25, -0.2) is 26.4 Å². The molecule has 0 atom stereocenters. The normalized spacial score (nSPS) is 11.2. The smallest absolute Gasteiger partial charge is 0.335 e. The van der Waals surface area contributed by atoms with Crippen molar-refractivity contribution in [2.24, 2.45) is 0 Å². The average Bonchev–Trinajstić information content (AvgIpc) is 2.69. The Balaban J connectivity index is 1.99. The minimum atomic E-state index is -4.28. The molecule has 0 spiro atoms. The van der Waals surface area contributed by atoms with Gasteiger partial charge in [0.2, 0.25) is 0 Å². The topological polar surface area (TPSA) is 95.5 Å². The van der Waals surface area contributed by atoms with Crippen LogP contribution in [0.5, 0.6) is 0 Å². The molecule has 0 heterocycles. The number of hydrogen-bond donors (Lipinski definition) is 3. The number of anilines is 3. The Morgan fingerprint density at radius 3 is 2.13 bits per heavy atom. The van der Waals surface area contributed by atoms with Crippen molar-refractivity contribution in [2.75, 3.05) is 10.0 Å². The van der Waals surface area contributed by atoms with Gasteiger partial charge < -0.3 is 10.4 Å². The summed E-state index contributed by atoms with van der Waals surface area (Å²) >= 11 is 1.87. The zero-order valence-electron chi connectivity index (χ0n) is 14.8. The van der Waals surface area contributed by atoms with Gasteiger partial charge in [-0.2, -0.15) is 0 Å². The second-order valence-corrected chi connectivity index (χ2v) is 8.90. The predicted octanol–water partition coefficient (Wildman–Crippen LogP) is 4.95. The molecule has 156 valence electrons. The minimum absolute atomic E-state index is 0.127. The van der Waals surface area contributed by atoms with Crippen molar-refractivity contribution >= 4 is 55.6 Å². The van der Waals surface area contributed by atoms with Crippen molar-refractivity contribution in [3.05, 3.63) is 81.2 Å². The summed E-state index contributed by atoms with van der Waals surface area (Å²) in [6.07, 6.45) is 0. The van der Waals surface area contributed by atoms with Gasteiger partial charge in [0.05, 0.1) is 21.8 Å². The van der Waals surface area contributed by atoms with Gasteiger partial charge in [-0.15, -0.1) is 0 Å². The number of halogens is 4. The summed E-state index contributed by atoms with van der Waals surface area (Å²) in [5, 5.41) is 11.3. The number of carboxylic acids is 1. The molecule has 0 bridgehead atoms. The molecule has 6 nitrogen and oxygen atoms in total. The molecule has 0 saturated heterocycles. The second-order valence-electron chi connectivity index (χ2n) is 5.97. The van der Waals surface area contributed by atoms with Crippen LogP contribution in [0.15, 0.2) is 59.5 Å². The van der Waals surface area contributed by atoms with Gasteiger partial charge in [0.15, 0.2) is 11.6 Å². The van der Waals surface area contributed by atoms with Crippen LogP contribution in [0.4, 0.5) is 30.2 Å². The monoisotopic (exact) mass is 548 g/mol. The summed E-state index contributed by atoms with van der Waals surface area (Å²) in [7, 11) is -4.28. The van der Waals surface area contributed by atoms with Crippen LogP contribution in [-0.4, -0.2) is 19.5 Å². The highest BCUT2D eigenvalue weighted by atomic mass is 127. The van der Waals surface area contributed by atoms with Crippen molar-refractivity contribution in [3.63, 3.8) is 0 Å². The Labute approximate surface area is 182 Å². The molecule has 0 amide bonds. The van der Waals surface area contributed by atoms with E-state index in [1.165, 1.54) is 12.1 Å². The Kier molecular flexibility index (Phi) is 6.22. The second kappa shape index (κ2) is 8.52. The molecule has 3 rings (SSSR count). The maximum absolute atomic E-state index is 14.4. The van der Waals surface area contributed by atoms with Crippen LogP contribution >= 0.6 is 22.6 Å². The number of aromatic carboxylic acids is 1. The Morgan fingerprint density at radius 2 is 1.53 bits per heavy atom. The van der Waals surface area contributed by atoms with E-state index in [-0.39, 0.29) is 21.8 Å². The van der Waals surface area contributed by atoms with Crippen molar-refractivity contribution in [3.8, 4) is 0 Å². The van der Waals surface area contributed by atoms with Crippen LogP contribution in [0.1, 0.15) is 10.4 Å². The minimum Gasteiger partial charge on any atom is -0.478 e. The molecule has 30 heavy (non-hydrogen) atoms. The molecule has 3 N–H and O–H groups in total. The third-order valence-corrected chi connectivity index (χ3v) is 5.99. The van der Waals surface area contributed by atoms with E-state index in [9.17, 15) is 26.4 Å². The molecule has 0 aromatic heterocycles. The number of carboxylic acid groups (broad SMARTS) is 1. The Bertz CT molecular complexity index is 1240. The van der Waals surface area contributed by atoms with E-state index < -0.39 is 39.1 Å². The van der Waals surface area contributed by atoms with Gasteiger partial charge in [0, 0.05) is 3.57 Å². The van der Waals surface area contributed by atoms with Crippen molar-refractivity contribution in [1.29, 1.82) is 0 Å². The molecule has 0 aliphatic rings. The van der Waals surface area contributed by atoms with E-state index in [2.05, 4.69) is 10.0 Å². The summed E-state index contributed by atoms with van der Waals surface area (Å²) in [6.45, 7) is 0. The van der Waals surface area contributed by atoms with E-state index in [1.54, 1.807) is 0 Å². The molecule has 0 saturated carbocycles.